The Labute approximate surface area is 201 Å². The molecular formula is C24H19F4NO3S2. The first-order valence-corrected chi connectivity index (χ1v) is 12.0. The average molecular weight is 510 g/mol. The van der Waals surface area contributed by atoms with Gasteiger partial charge in [-0.1, -0.05) is 12.1 Å². The van der Waals surface area contributed by atoms with Gasteiger partial charge in [-0.15, -0.1) is 23.1 Å². The maximum absolute atomic E-state index is 14.0. The van der Waals surface area contributed by atoms with Crippen molar-refractivity contribution in [1.29, 1.82) is 0 Å². The van der Waals surface area contributed by atoms with Crippen molar-refractivity contribution in [3.8, 4) is 16.3 Å². The van der Waals surface area contributed by atoms with Crippen LogP contribution in [0.4, 0.5) is 17.6 Å². The Bertz CT molecular complexity index is 1300. The highest BCUT2D eigenvalue weighted by molar-refractivity contribution is 7.98. The maximum atomic E-state index is 14.0. The number of halogens is 4. The minimum absolute atomic E-state index is 0.177. The summed E-state index contributed by atoms with van der Waals surface area (Å²) in [4.78, 5) is 17.4. The van der Waals surface area contributed by atoms with Crippen LogP contribution in [0.3, 0.4) is 0 Å². The van der Waals surface area contributed by atoms with Crippen LogP contribution in [0.5, 0.6) is 5.75 Å². The van der Waals surface area contributed by atoms with Crippen LogP contribution in [0, 0.1) is 19.7 Å². The molecule has 0 spiro atoms. The summed E-state index contributed by atoms with van der Waals surface area (Å²) < 4.78 is 58.4. The zero-order valence-corrected chi connectivity index (χ0v) is 19.8. The molecule has 4 nitrogen and oxygen atoms in total. The lowest BCUT2D eigenvalue weighted by molar-refractivity contribution is -0.140. The fourth-order valence-electron chi connectivity index (χ4n) is 3.55. The summed E-state index contributed by atoms with van der Waals surface area (Å²) in [6.45, 7) is 3.71. The SMILES string of the molecule is Cc1ccc(SCc2sc(-c3ccc(C(F)(F)F)c(F)c3)nc2C)c2c1OC(CC(=O)O)=CC2. The van der Waals surface area contributed by atoms with Gasteiger partial charge >= 0.3 is 12.1 Å². The number of hydrogen-bond acceptors (Lipinski definition) is 5. The number of nitrogens with zero attached hydrogens (tertiary/aromatic N) is 1. The first kappa shape index (κ1) is 24.3. The monoisotopic (exact) mass is 509 g/mol. The topological polar surface area (TPSA) is 59.4 Å². The fourth-order valence-corrected chi connectivity index (χ4v) is 5.83. The van der Waals surface area contributed by atoms with Crippen LogP contribution in [-0.4, -0.2) is 16.1 Å². The predicted octanol–water partition coefficient (Wildman–Crippen LogP) is 7.17. The highest BCUT2D eigenvalue weighted by Gasteiger charge is 2.34. The van der Waals surface area contributed by atoms with Crippen LogP contribution in [-0.2, 0) is 23.1 Å². The third-order valence-electron chi connectivity index (χ3n) is 5.28. The van der Waals surface area contributed by atoms with Crippen LogP contribution in [0.1, 0.15) is 33.7 Å². The predicted molar refractivity (Wildman–Crippen MR) is 123 cm³/mol. The summed E-state index contributed by atoms with van der Waals surface area (Å²) in [6.07, 6.45) is -2.60. The van der Waals surface area contributed by atoms with E-state index in [0.29, 0.717) is 34.3 Å². The van der Waals surface area contributed by atoms with Crippen molar-refractivity contribution in [2.75, 3.05) is 0 Å². The van der Waals surface area contributed by atoms with E-state index in [0.717, 1.165) is 38.7 Å². The van der Waals surface area contributed by atoms with Gasteiger partial charge in [-0.2, -0.15) is 13.2 Å². The van der Waals surface area contributed by atoms with E-state index in [1.54, 1.807) is 17.8 Å². The normalized spacial score (nSPS) is 13.3. The number of aromatic nitrogens is 1. The van der Waals surface area contributed by atoms with Crippen molar-refractivity contribution < 1.29 is 32.2 Å². The molecule has 2 aromatic carbocycles. The number of rotatable bonds is 6. The molecule has 2 heterocycles. The lowest BCUT2D eigenvalue weighted by Crippen LogP contribution is -2.10. The zero-order valence-electron chi connectivity index (χ0n) is 18.1. The summed E-state index contributed by atoms with van der Waals surface area (Å²) in [5.74, 6) is -0.631. The van der Waals surface area contributed by atoms with Crippen molar-refractivity contribution >= 4 is 29.1 Å². The summed E-state index contributed by atoms with van der Waals surface area (Å²) >= 11 is 2.88. The van der Waals surface area contributed by atoms with E-state index in [2.05, 4.69) is 4.98 Å². The second-order valence-corrected chi connectivity index (χ2v) is 9.84. The Kier molecular flexibility index (Phi) is 6.73. The smallest absolute Gasteiger partial charge is 0.419 e. The molecule has 1 aromatic heterocycles. The molecule has 0 fully saturated rings. The maximum Gasteiger partial charge on any atom is 0.419 e. The molecule has 1 N–H and O–H groups in total. The summed E-state index contributed by atoms with van der Waals surface area (Å²) in [7, 11) is 0. The quantitative estimate of drug-likeness (QED) is 0.282. The van der Waals surface area contributed by atoms with Gasteiger partial charge in [0, 0.05) is 26.7 Å². The molecule has 0 saturated carbocycles. The molecule has 0 atom stereocenters. The van der Waals surface area contributed by atoms with Crippen molar-refractivity contribution in [3.63, 3.8) is 0 Å². The second-order valence-electron chi connectivity index (χ2n) is 7.74. The Morgan fingerprint density at radius 2 is 2.00 bits per heavy atom. The number of thioether (sulfide) groups is 1. The molecule has 3 aromatic rings. The van der Waals surface area contributed by atoms with E-state index in [-0.39, 0.29) is 6.42 Å². The number of aryl methyl sites for hydroxylation is 2. The molecule has 178 valence electrons. The summed E-state index contributed by atoms with van der Waals surface area (Å²) in [6, 6.07) is 6.74. The Hall–Kier alpha value is -2.85. The molecule has 0 radical (unpaired) electrons. The third kappa shape index (κ3) is 5.12. The molecule has 1 aliphatic rings. The van der Waals surface area contributed by atoms with Crippen LogP contribution in [0.25, 0.3) is 10.6 Å². The highest BCUT2D eigenvalue weighted by atomic mass is 32.2. The zero-order chi connectivity index (χ0) is 24.6. The van der Waals surface area contributed by atoms with Gasteiger partial charge in [0.1, 0.15) is 28.8 Å². The van der Waals surface area contributed by atoms with E-state index in [1.165, 1.54) is 17.4 Å². The Balaban J connectivity index is 1.53. The standard InChI is InChI=1S/C24H19F4NO3S2/c1-12-3-8-19(16-6-5-15(10-21(30)31)32-22(12)16)33-11-20-13(2)29-23(34-20)14-4-7-17(18(25)9-14)24(26,27)28/h3-5,7-9H,6,10-11H2,1-2H3,(H,30,31). The van der Waals surface area contributed by atoms with E-state index in [4.69, 9.17) is 9.84 Å². The first-order valence-electron chi connectivity index (χ1n) is 10.2. The molecule has 34 heavy (non-hydrogen) atoms. The minimum Gasteiger partial charge on any atom is -0.481 e. The number of carboxylic acid groups (broad SMARTS) is 1. The van der Waals surface area contributed by atoms with Crippen LogP contribution < -0.4 is 4.74 Å². The van der Waals surface area contributed by atoms with Crippen molar-refractivity contribution in [1.82, 2.24) is 4.98 Å². The molecule has 10 heteroatoms. The van der Waals surface area contributed by atoms with Gasteiger partial charge < -0.3 is 9.84 Å². The number of carbonyl (C=O) groups is 1. The molecular weight excluding hydrogens is 490 g/mol. The molecule has 0 bridgehead atoms. The van der Waals surface area contributed by atoms with Crippen LogP contribution in [0.15, 0.2) is 47.1 Å². The number of fused-ring (bicyclic) bond motifs is 1. The summed E-state index contributed by atoms with van der Waals surface area (Å²) in [5.41, 5.74) is 1.62. The van der Waals surface area contributed by atoms with Gasteiger partial charge in [0.05, 0.1) is 11.3 Å². The number of hydrogen-bond donors (Lipinski definition) is 1. The summed E-state index contributed by atoms with van der Waals surface area (Å²) in [5, 5.41) is 9.48. The number of alkyl halides is 3. The van der Waals surface area contributed by atoms with Gasteiger partial charge in [-0.3, -0.25) is 4.79 Å². The minimum atomic E-state index is -4.75. The number of ether oxygens (including phenoxy) is 1. The van der Waals surface area contributed by atoms with E-state index >= 15 is 0 Å². The first-order chi connectivity index (χ1) is 16.0. The number of aliphatic carboxylic acids is 1. The van der Waals surface area contributed by atoms with Gasteiger partial charge in [0.2, 0.25) is 0 Å². The Morgan fingerprint density at radius 3 is 2.68 bits per heavy atom. The average Bonchev–Trinajstić information content (AvgIpc) is 3.13. The highest BCUT2D eigenvalue weighted by Crippen LogP contribution is 2.41. The van der Waals surface area contributed by atoms with Gasteiger partial charge in [0.15, 0.2) is 0 Å². The van der Waals surface area contributed by atoms with E-state index in [1.807, 2.05) is 26.0 Å². The van der Waals surface area contributed by atoms with Crippen LogP contribution in [0.2, 0.25) is 0 Å². The molecule has 0 unspecified atom stereocenters. The van der Waals surface area contributed by atoms with Gasteiger partial charge in [-0.25, -0.2) is 9.37 Å². The molecule has 0 amide bonds. The number of allylic oxidation sites excluding steroid dienone is 1. The third-order valence-corrected chi connectivity index (χ3v) is 7.80. The molecule has 4 rings (SSSR count). The van der Waals surface area contributed by atoms with Crippen molar-refractivity contribution in [3.05, 3.63) is 75.2 Å². The molecule has 1 aliphatic heterocycles. The van der Waals surface area contributed by atoms with E-state index < -0.39 is 23.5 Å². The number of thiazole rings is 1. The number of carboxylic acids is 1. The van der Waals surface area contributed by atoms with Crippen LogP contribution >= 0.6 is 23.1 Å². The lowest BCUT2D eigenvalue weighted by atomic mass is 10.0. The van der Waals surface area contributed by atoms with E-state index in [9.17, 15) is 22.4 Å². The number of benzene rings is 2. The lowest BCUT2D eigenvalue weighted by Gasteiger charge is -2.21. The van der Waals surface area contributed by atoms with Gasteiger partial charge in [-0.05, 0) is 50.1 Å². The fraction of sp³-hybridized carbons (Fsp3) is 0.250. The molecule has 0 saturated heterocycles. The largest absolute Gasteiger partial charge is 0.481 e. The second kappa shape index (κ2) is 9.42. The van der Waals surface area contributed by atoms with Crippen molar-refractivity contribution in [2.24, 2.45) is 0 Å². The van der Waals surface area contributed by atoms with Gasteiger partial charge in [0.25, 0.3) is 0 Å². The van der Waals surface area contributed by atoms with Crippen molar-refractivity contribution in [2.45, 2.75) is 43.5 Å². The molecule has 0 aliphatic carbocycles. The Morgan fingerprint density at radius 1 is 1.24 bits per heavy atom.